The Morgan fingerprint density at radius 1 is 1.09 bits per heavy atom. The van der Waals surface area contributed by atoms with Gasteiger partial charge in [0.15, 0.2) is 0 Å². The number of aryl methyl sites for hydroxylation is 1. The molecule has 1 unspecified atom stereocenters. The number of para-hydroxylation sites is 2. The predicted octanol–water partition coefficient (Wildman–Crippen LogP) is 2.61. The van der Waals surface area contributed by atoms with E-state index in [-0.39, 0.29) is 6.10 Å². The number of nitrogens with zero attached hydrogens (tertiary/aromatic N) is 3. The fourth-order valence-electron chi connectivity index (χ4n) is 3.63. The van der Waals surface area contributed by atoms with Crippen LogP contribution in [0.5, 0.6) is 0 Å². The van der Waals surface area contributed by atoms with Crippen molar-refractivity contribution in [1.82, 2.24) is 14.5 Å². The Bertz CT molecular complexity index is 643. The van der Waals surface area contributed by atoms with Gasteiger partial charge in [0.25, 0.3) is 0 Å². The van der Waals surface area contributed by atoms with E-state index in [0.717, 1.165) is 76.6 Å². The van der Waals surface area contributed by atoms with E-state index in [1.54, 1.807) is 0 Å². The maximum atomic E-state index is 5.90. The number of ether oxygens (including phenoxy) is 2. The van der Waals surface area contributed by atoms with Crippen LogP contribution in [0.2, 0.25) is 0 Å². The summed E-state index contributed by atoms with van der Waals surface area (Å²) < 4.78 is 13.7. The molecule has 1 aromatic carbocycles. The Hall–Kier alpha value is -1.43. The van der Waals surface area contributed by atoms with Crippen LogP contribution >= 0.6 is 0 Å². The highest BCUT2D eigenvalue weighted by Crippen LogP contribution is 2.30. The molecule has 0 N–H and O–H groups in total. The summed E-state index contributed by atoms with van der Waals surface area (Å²) in [6.45, 7) is 6.85. The lowest BCUT2D eigenvalue weighted by atomic mass is 10.2. The molecule has 2 aromatic rings. The van der Waals surface area contributed by atoms with Crippen molar-refractivity contribution in [3.05, 3.63) is 30.1 Å². The Labute approximate surface area is 137 Å². The van der Waals surface area contributed by atoms with E-state index < -0.39 is 0 Å². The predicted molar refractivity (Wildman–Crippen MR) is 89.5 cm³/mol. The maximum absolute atomic E-state index is 5.90. The number of fused-ring (bicyclic) bond motifs is 1. The molecular formula is C18H25N3O2. The summed E-state index contributed by atoms with van der Waals surface area (Å²) in [7, 11) is 0. The SMILES string of the molecule is c1ccc2c(c1)nc(C1CCCO1)n2CCCN1CCOCC1. The highest BCUT2D eigenvalue weighted by Gasteiger charge is 2.24. The molecule has 124 valence electrons. The van der Waals surface area contributed by atoms with Crippen LogP contribution in [-0.2, 0) is 16.0 Å². The summed E-state index contributed by atoms with van der Waals surface area (Å²) in [5, 5.41) is 0. The van der Waals surface area contributed by atoms with Crippen LogP contribution in [0.15, 0.2) is 24.3 Å². The number of rotatable bonds is 5. The van der Waals surface area contributed by atoms with Crippen LogP contribution in [0.1, 0.15) is 31.2 Å². The van der Waals surface area contributed by atoms with Gasteiger partial charge in [-0.1, -0.05) is 12.1 Å². The standard InChI is InChI=1S/C18H25N3O2/c1-2-6-16-15(5-1)19-18(17-7-3-12-23-17)21(16)9-4-8-20-10-13-22-14-11-20/h1-2,5-6,17H,3-4,7-14H2. The van der Waals surface area contributed by atoms with Crippen LogP contribution in [-0.4, -0.2) is 53.9 Å². The molecule has 0 aliphatic carbocycles. The van der Waals surface area contributed by atoms with Crippen molar-refractivity contribution >= 4 is 11.0 Å². The average molecular weight is 315 g/mol. The third-order valence-electron chi connectivity index (χ3n) is 4.86. The molecule has 2 fully saturated rings. The first kappa shape index (κ1) is 15.1. The molecule has 0 saturated carbocycles. The third kappa shape index (κ3) is 3.27. The highest BCUT2D eigenvalue weighted by atomic mass is 16.5. The Kier molecular flexibility index (Phi) is 4.60. The second-order valence-electron chi connectivity index (χ2n) is 6.42. The van der Waals surface area contributed by atoms with Crippen LogP contribution in [0, 0.1) is 0 Å². The molecule has 2 aliphatic rings. The highest BCUT2D eigenvalue weighted by molar-refractivity contribution is 5.76. The average Bonchev–Trinajstić information content (AvgIpc) is 3.24. The molecule has 4 rings (SSSR count). The van der Waals surface area contributed by atoms with Gasteiger partial charge in [-0.15, -0.1) is 0 Å². The Balaban J connectivity index is 1.50. The third-order valence-corrected chi connectivity index (χ3v) is 4.86. The van der Waals surface area contributed by atoms with Crippen molar-refractivity contribution in [2.45, 2.75) is 31.9 Å². The monoisotopic (exact) mass is 315 g/mol. The van der Waals surface area contributed by atoms with Gasteiger partial charge in [0.2, 0.25) is 0 Å². The Morgan fingerprint density at radius 2 is 1.96 bits per heavy atom. The van der Waals surface area contributed by atoms with Crippen LogP contribution < -0.4 is 0 Å². The van der Waals surface area contributed by atoms with Crippen LogP contribution in [0.3, 0.4) is 0 Å². The molecule has 5 heteroatoms. The number of aromatic nitrogens is 2. The molecule has 0 radical (unpaired) electrons. The minimum absolute atomic E-state index is 0.172. The number of imidazole rings is 1. The van der Waals surface area contributed by atoms with Crippen molar-refractivity contribution in [2.75, 3.05) is 39.5 Å². The van der Waals surface area contributed by atoms with Gasteiger partial charge >= 0.3 is 0 Å². The van der Waals surface area contributed by atoms with Gasteiger partial charge < -0.3 is 14.0 Å². The van der Waals surface area contributed by atoms with E-state index in [4.69, 9.17) is 14.5 Å². The van der Waals surface area contributed by atoms with Gasteiger partial charge in [0.1, 0.15) is 11.9 Å². The van der Waals surface area contributed by atoms with E-state index in [2.05, 4.69) is 33.7 Å². The quantitative estimate of drug-likeness (QED) is 0.850. The van der Waals surface area contributed by atoms with E-state index in [0.29, 0.717) is 0 Å². The zero-order chi connectivity index (χ0) is 15.5. The molecular weight excluding hydrogens is 290 g/mol. The van der Waals surface area contributed by atoms with Crippen molar-refractivity contribution in [1.29, 1.82) is 0 Å². The number of benzene rings is 1. The molecule has 2 saturated heterocycles. The summed E-state index contributed by atoms with van der Waals surface area (Å²) >= 11 is 0. The van der Waals surface area contributed by atoms with Gasteiger partial charge in [-0.3, -0.25) is 4.90 Å². The summed E-state index contributed by atoms with van der Waals surface area (Å²) in [6.07, 6.45) is 3.54. The largest absolute Gasteiger partial charge is 0.379 e. The summed E-state index contributed by atoms with van der Waals surface area (Å²) in [5.74, 6) is 1.12. The fourth-order valence-corrected chi connectivity index (χ4v) is 3.63. The van der Waals surface area contributed by atoms with E-state index >= 15 is 0 Å². The lowest BCUT2D eigenvalue weighted by Crippen LogP contribution is -2.37. The van der Waals surface area contributed by atoms with Gasteiger partial charge in [0, 0.05) is 32.8 Å². The first-order valence-electron chi connectivity index (χ1n) is 8.79. The zero-order valence-electron chi connectivity index (χ0n) is 13.6. The summed E-state index contributed by atoms with van der Waals surface area (Å²) in [6, 6.07) is 8.44. The van der Waals surface area contributed by atoms with Crippen molar-refractivity contribution in [3.63, 3.8) is 0 Å². The topological polar surface area (TPSA) is 39.5 Å². The second kappa shape index (κ2) is 6.99. The smallest absolute Gasteiger partial charge is 0.139 e. The molecule has 0 bridgehead atoms. The minimum Gasteiger partial charge on any atom is -0.379 e. The molecule has 5 nitrogen and oxygen atoms in total. The maximum Gasteiger partial charge on any atom is 0.139 e. The van der Waals surface area contributed by atoms with Gasteiger partial charge in [-0.25, -0.2) is 4.98 Å². The minimum atomic E-state index is 0.172. The van der Waals surface area contributed by atoms with E-state index in [1.807, 2.05) is 0 Å². The van der Waals surface area contributed by atoms with Crippen molar-refractivity contribution in [3.8, 4) is 0 Å². The molecule has 1 atom stereocenters. The van der Waals surface area contributed by atoms with Crippen LogP contribution in [0.4, 0.5) is 0 Å². The molecule has 0 spiro atoms. The molecule has 1 aromatic heterocycles. The first-order chi connectivity index (χ1) is 11.4. The zero-order valence-corrected chi connectivity index (χ0v) is 13.6. The lowest BCUT2D eigenvalue weighted by molar-refractivity contribution is 0.0368. The van der Waals surface area contributed by atoms with E-state index in [1.165, 1.54) is 5.52 Å². The molecule has 3 heterocycles. The molecule has 0 amide bonds. The normalized spacial score (nSPS) is 22.9. The van der Waals surface area contributed by atoms with E-state index in [9.17, 15) is 0 Å². The Morgan fingerprint density at radius 3 is 2.78 bits per heavy atom. The number of morpholine rings is 1. The van der Waals surface area contributed by atoms with Gasteiger partial charge in [-0.05, 0) is 31.4 Å². The molecule has 23 heavy (non-hydrogen) atoms. The van der Waals surface area contributed by atoms with Gasteiger partial charge in [-0.2, -0.15) is 0 Å². The fraction of sp³-hybridized carbons (Fsp3) is 0.611. The first-order valence-corrected chi connectivity index (χ1v) is 8.79. The summed E-state index contributed by atoms with van der Waals surface area (Å²) in [4.78, 5) is 7.36. The van der Waals surface area contributed by atoms with Gasteiger partial charge in [0.05, 0.1) is 24.2 Å². The van der Waals surface area contributed by atoms with Crippen molar-refractivity contribution in [2.24, 2.45) is 0 Å². The lowest BCUT2D eigenvalue weighted by Gasteiger charge is -2.26. The van der Waals surface area contributed by atoms with Crippen LogP contribution in [0.25, 0.3) is 11.0 Å². The second-order valence-corrected chi connectivity index (χ2v) is 6.42. The number of hydrogen-bond acceptors (Lipinski definition) is 4. The summed E-state index contributed by atoms with van der Waals surface area (Å²) in [5.41, 5.74) is 2.32. The van der Waals surface area contributed by atoms with Crippen molar-refractivity contribution < 1.29 is 9.47 Å². The molecule has 2 aliphatic heterocycles. The number of hydrogen-bond donors (Lipinski definition) is 0.